The van der Waals surface area contributed by atoms with Crippen LogP contribution in [0.2, 0.25) is 5.02 Å². The number of carbonyl (C=O) groups excluding carboxylic acids is 1. The highest BCUT2D eigenvalue weighted by molar-refractivity contribution is 7.93. The van der Waals surface area contributed by atoms with Crippen molar-refractivity contribution in [2.75, 3.05) is 23.1 Å². The molecular weight excluding hydrogens is 503 g/mol. The number of halogens is 2. The number of ether oxygens (including phenoxy) is 2. The SMILES string of the molecule is COc1ccc(Cl)cc1S(=O)(=O)N1CC(C(=O)O)Oc2ccc(C(=O)N(F)c3ccccc3)cc21. The Hall–Kier alpha value is -3.83. The molecule has 0 bridgehead atoms. The summed E-state index contributed by atoms with van der Waals surface area (Å²) in [5, 5.41) is 9.53. The first kappa shape index (κ1) is 24.3. The van der Waals surface area contributed by atoms with E-state index in [0.29, 0.717) is 0 Å². The van der Waals surface area contributed by atoms with Gasteiger partial charge in [0.2, 0.25) is 6.10 Å². The van der Waals surface area contributed by atoms with E-state index in [2.05, 4.69) is 0 Å². The van der Waals surface area contributed by atoms with Crippen molar-refractivity contribution in [2.24, 2.45) is 0 Å². The summed E-state index contributed by atoms with van der Waals surface area (Å²) in [4.78, 5) is 24.1. The molecule has 1 aliphatic rings. The Labute approximate surface area is 204 Å². The maximum Gasteiger partial charge on any atom is 0.346 e. The topological polar surface area (TPSA) is 113 Å². The Morgan fingerprint density at radius 2 is 1.86 bits per heavy atom. The fourth-order valence-corrected chi connectivity index (χ4v) is 5.39. The molecule has 0 aromatic heterocycles. The molecule has 182 valence electrons. The van der Waals surface area contributed by atoms with Crippen molar-refractivity contribution in [1.82, 2.24) is 0 Å². The van der Waals surface area contributed by atoms with Crippen LogP contribution in [-0.4, -0.2) is 45.2 Å². The van der Waals surface area contributed by atoms with Crippen LogP contribution < -0.4 is 18.9 Å². The van der Waals surface area contributed by atoms with Gasteiger partial charge in [0.1, 0.15) is 16.4 Å². The van der Waals surface area contributed by atoms with E-state index in [9.17, 15) is 27.6 Å². The van der Waals surface area contributed by atoms with Gasteiger partial charge in [0.15, 0.2) is 0 Å². The van der Waals surface area contributed by atoms with E-state index in [4.69, 9.17) is 21.1 Å². The minimum Gasteiger partial charge on any atom is -0.495 e. The second kappa shape index (κ2) is 9.43. The van der Waals surface area contributed by atoms with Crippen LogP contribution in [-0.2, 0) is 14.8 Å². The van der Waals surface area contributed by atoms with Crippen LogP contribution in [0.3, 0.4) is 0 Å². The number of hydrogen-bond donors (Lipinski definition) is 1. The van der Waals surface area contributed by atoms with Gasteiger partial charge in [-0.1, -0.05) is 34.3 Å². The summed E-state index contributed by atoms with van der Waals surface area (Å²) in [6, 6.07) is 15.0. The van der Waals surface area contributed by atoms with Gasteiger partial charge in [-0.05, 0) is 48.5 Å². The third kappa shape index (κ3) is 4.60. The van der Waals surface area contributed by atoms with Gasteiger partial charge in [-0.3, -0.25) is 9.10 Å². The fourth-order valence-electron chi connectivity index (χ4n) is 3.50. The third-order valence-corrected chi connectivity index (χ3v) is 7.24. The van der Waals surface area contributed by atoms with Crippen molar-refractivity contribution < 1.29 is 37.1 Å². The zero-order valence-corrected chi connectivity index (χ0v) is 19.7. The van der Waals surface area contributed by atoms with Crippen LogP contribution in [0.25, 0.3) is 0 Å². The van der Waals surface area contributed by atoms with E-state index < -0.39 is 34.5 Å². The van der Waals surface area contributed by atoms with E-state index in [0.717, 1.165) is 16.4 Å². The van der Waals surface area contributed by atoms with Crippen LogP contribution in [0.5, 0.6) is 11.5 Å². The first-order valence-corrected chi connectivity index (χ1v) is 11.9. The van der Waals surface area contributed by atoms with Crippen LogP contribution in [0.15, 0.2) is 71.6 Å². The van der Waals surface area contributed by atoms with Crippen molar-refractivity contribution in [2.45, 2.75) is 11.0 Å². The van der Waals surface area contributed by atoms with Crippen molar-refractivity contribution in [3.8, 4) is 11.5 Å². The standard InChI is InChI=1S/C23H18ClFN2O7S/c1-33-19-10-8-15(24)12-21(19)35(31,32)26-13-20(23(29)30)34-18-9-7-14(11-17(18)26)22(28)27(25)16-5-3-2-4-6-16/h2-12,20H,13H2,1H3,(H,29,30). The van der Waals surface area contributed by atoms with Crippen molar-refractivity contribution in [3.63, 3.8) is 0 Å². The maximum atomic E-state index is 14.8. The zero-order valence-electron chi connectivity index (χ0n) is 18.1. The lowest BCUT2D eigenvalue weighted by Gasteiger charge is -2.34. The number of carbonyl (C=O) groups is 2. The normalized spacial score (nSPS) is 15.1. The molecule has 1 N–H and O–H groups in total. The van der Waals surface area contributed by atoms with Gasteiger partial charge in [-0.25, -0.2) is 13.2 Å². The van der Waals surface area contributed by atoms with Gasteiger partial charge in [0, 0.05) is 10.6 Å². The van der Waals surface area contributed by atoms with Crippen molar-refractivity contribution in [3.05, 3.63) is 77.3 Å². The molecule has 0 spiro atoms. The molecule has 9 nitrogen and oxygen atoms in total. The largest absolute Gasteiger partial charge is 0.495 e. The molecule has 3 aromatic carbocycles. The Morgan fingerprint density at radius 3 is 2.51 bits per heavy atom. The molecule has 12 heteroatoms. The number of amides is 1. The van der Waals surface area contributed by atoms with E-state index in [1.165, 1.54) is 43.5 Å². The Morgan fingerprint density at radius 1 is 1.14 bits per heavy atom. The average molecular weight is 521 g/mol. The first-order valence-electron chi connectivity index (χ1n) is 10.1. The van der Waals surface area contributed by atoms with Crippen LogP contribution in [0, 0.1) is 0 Å². The predicted molar refractivity (Wildman–Crippen MR) is 125 cm³/mol. The Bertz CT molecular complexity index is 1400. The van der Waals surface area contributed by atoms with Crippen LogP contribution >= 0.6 is 11.6 Å². The molecule has 3 aromatic rings. The number of para-hydroxylation sites is 1. The third-order valence-electron chi connectivity index (χ3n) is 5.21. The van der Waals surface area contributed by atoms with Gasteiger partial charge in [-0.15, -0.1) is 5.12 Å². The molecule has 1 unspecified atom stereocenters. The molecule has 1 atom stereocenters. The number of fused-ring (bicyclic) bond motifs is 1. The average Bonchev–Trinajstić information content (AvgIpc) is 2.87. The summed E-state index contributed by atoms with van der Waals surface area (Å²) in [5.74, 6) is -2.60. The number of sulfonamides is 1. The van der Waals surface area contributed by atoms with Crippen molar-refractivity contribution >= 4 is 44.9 Å². The summed E-state index contributed by atoms with van der Waals surface area (Å²) in [6.07, 6.45) is -1.54. The summed E-state index contributed by atoms with van der Waals surface area (Å²) in [5.41, 5.74) is -0.354. The van der Waals surface area contributed by atoms with Crippen LogP contribution in [0.1, 0.15) is 10.4 Å². The Kier molecular flexibility index (Phi) is 6.55. The van der Waals surface area contributed by atoms with E-state index in [1.807, 2.05) is 0 Å². The quantitative estimate of drug-likeness (QED) is 0.490. The number of nitrogens with zero attached hydrogens (tertiary/aromatic N) is 2. The minimum atomic E-state index is -4.46. The van der Waals surface area contributed by atoms with Crippen LogP contribution in [0.4, 0.5) is 15.9 Å². The highest BCUT2D eigenvalue weighted by atomic mass is 35.5. The lowest BCUT2D eigenvalue weighted by molar-refractivity contribution is -0.144. The summed E-state index contributed by atoms with van der Waals surface area (Å²) in [6.45, 7) is -0.615. The molecule has 1 aliphatic heterocycles. The molecule has 0 saturated carbocycles. The second-order valence-electron chi connectivity index (χ2n) is 7.38. The number of carboxylic acids is 1. The van der Waals surface area contributed by atoms with Gasteiger partial charge in [0.25, 0.3) is 15.9 Å². The molecule has 4 rings (SSSR count). The van der Waals surface area contributed by atoms with Gasteiger partial charge in [0.05, 0.1) is 25.0 Å². The smallest absolute Gasteiger partial charge is 0.346 e. The summed E-state index contributed by atoms with van der Waals surface area (Å²) in [7, 11) is -3.19. The lowest BCUT2D eigenvalue weighted by atomic mass is 10.1. The van der Waals surface area contributed by atoms with E-state index in [1.54, 1.807) is 18.2 Å². The lowest BCUT2D eigenvalue weighted by Crippen LogP contribution is -2.47. The van der Waals surface area contributed by atoms with Gasteiger partial charge >= 0.3 is 5.97 Å². The summed E-state index contributed by atoms with van der Waals surface area (Å²) < 4.78 is 53.4. The maximum absolute atomic E-state index is 14.8. The fraction of sp³-hybridized carbons (Fsp3) is 0.130. The first-order chi connectivity index (χ1) is 16.6. The molecule has 0 radical (unpaired) electrons. The highest BCUT2D eigenvalue weighted by Gasteiger charge is 2.39. The molecule has 0 fully saturated rings. The second-order valence-corrected chi connectivity index (χ2v) is 9.65. The molecule has 1 amide bonds. The van der Waals surface area contributed by atoms with E-state index >= 15 is 0 Å². The molecular formula is C23H18ClFN2O7S. The number of anilines is 2. The van der Waals surface area contributed by atoms with Gasteiger partial charge in [-0.2, -0.15) is 0 Å². The monoisotopic (exact) mass is 520 g/mol. The number of carboxylic acid groups (broad SMARTS) is 1. The number of hydrogen-bond acceptors (Lipinski definition) is 6. The highest BCUT2D eigenvalue weighted by Crippen LogP contribution is 2.40. The molecule has 0 aliphatic carbocycles. The molecule has 35 heavy (non-hydrogen) atoms. The number of methoxy groups -OCH3 is 1. The number of benzene rings is 3. The predicted octanol–water partition coefficient (Wildman–Crippen LogP) is 3.92. The minimum absolute atomic E-state index is 0.0226. The van der Waals surface area contributed by atoms with Gasteiger partial charge < -0.3 is 14.6 Å². The summed E-state index contributed by atoms with van der Waals surface area (Å²) >= 11 is 6.01. The molecule has 1 heterocycles. The zero-order chi connectivity index (χ0) is 25.3. The Balaban J connectivity index is 1.82. The van der Waals surface area contributed by atoms with E-state index in [-0.39, 0.29) is 43.5 Å². The van der Waals surface area contributed by atoms with Crippen molar-refractivity contribution in [1.29, 1.82) is 0 Å². The number of rotatable bonds is 6. The molecule has 0 saturated heterocycles. The number of aliphatic carboxylic acids is 1.